The van der Waals surface area contributed by atoms with E-state index in [-0.39, 0.29) is 29.6 Å². The van der Waals surface area contributed by atoms with Crippen molar-refractivity contribution in [3.05, 3.63) is 29.1 Å². The van der Waals surface area contributed by atoms with Crippen LogP contribution in [0.5, 0.6) is 0 Å². The van der Waals surface area contributed by atoms with Crippen LogP contribution < -0.4 is 0 Å². The molecule has 1 aliphatic heterocycles. The summed E-state index contributed by atoms with van der Waals surface area (Å²) in [5.74, 6) is -2.46. The number of amidine groups is 1. The molecule has 150 valence electrons. The van der Waals surface area contributed by atoms with Crippen molar-refractivity contribution in [3.8, 4) is 0 Å². The van der Waals surface area contributed by atoms with Gasteiger partial charge in [0, 0.05) is 13.8 Å². The highest BCUT2D eigenvalue weighted by Gasteiger charge is 2.49. The van der Waals surface area contributed by atoms with Crippen LogP contribution in [0.2, 0.25) is 0 Å². The molecule has 2 rings (SSSR count). The average Bonchev–Trinajstić information content (AvgIpc) is 2.91. The summed E-state index contributed by atoms with van der Waals surface area (Å²) in [6, 6.07) is 2.93. The highest BCUT2D eigenvalue weighted by atomic mass is 16.5. The van der Waals surface area contributed by atoms with Crippen LogP contribution in [0, 0.1) is 5.92 Å². The van der Waals surface area contributed by atoms with Crippen LogP contribution in [0.25, 0.3) is 0 Å². The normalized spacial score (nSPS) is 18.9. The lowest BCUT2D eigenvalue weighted by molar-refractivity contribution is -0.143. The summed E-state index contributed by atoms with van der Waals surface area (Å²) in [7, 11) is 1.21. The maximum Gasteiger partial charge on any atom is 0.340 e. The predicted octanol–water partition coefficient (Wildman–Crippen LogP) is 1.48. The zero-order chi connectivity index (χ0) is 21.2. The number of methoxy groups -OCH3 is 1. The molecular weight excluding hydrogens is 366 g/mol. The van der Waals surface area contributed by atoms with Gasteiger partial charge in [0.05, 0.1) is 18.4 Å². The van der Waals surface area contributed by atoms with Gasteiger partial charge in [-0.15, -0.1) is 0 Å². The Labute approximate surface area is 162 Å². The standard InChI is InChI=1S/C19H23N3O6/c1-10(2)19(5)18(26)22(11(3)23)16(21-19)15-14(17(25)27-6)8-7-13(20-15)9-28-12(4)24/h7-8,10H,9H2,1-6H3. The smallest absolute Gasteiger partial charge is 0.340 e. The summed E-state index contributed by atoms with van der Waals surface area (Å²) in [5.41, 5.74) is -0.791. The molecule has 0 bridgehead atoms. The molecule has 0 N–H and O–H groups in total. The van der Waals surface area contributed by atoms with Crippen molar-refractivity contribution < 1.29 is 28.7 Å². The molecule has 1 aromatic rings. The van der Waals surface area contributed by atoms with E-state index in [4.69, 9.17) is 9.47 Å². The quantitative estimate of drug-likeness (QED) is 0.701. The molecule has 0 radical (unpaired) electrons. The molecule has 1 aromatic heterocycles. The molecule has 9 heteroatoms. The minimum absolute atomic E-state index is 0.0180. The molecule has 0 aliphatic carbocycles. The Morgan fingerprint density at radius 3 is 2.36 bits per heavy atom. The molecule has 0 aromatic carbocycles. The zero-order valence-corrected chi connectivity index (χ0v) is 16.7. The number of carbonyl (C=O) groups excluding carboxylic acids is 4. The van der Waals surface area contributed by atoms with Crippen molar-refractivity contribution in [3.63, 3.8) is 0 Å². The van der Waals surface area contributed by atoms with Crippen molar-refractivity contribution in [2.24, 2.45) is 10.9 Å². The topological polar surface area (TPSA) is 115 Å². The van der Waals surface area contributed by atoms with Crippen molar-refractivity contribution >= 4 is 29.6 Å². The van der Waals surface area contributed by atoms with E-state index in [0.717, 1.165) is 4.90 Å². The van der Waals surface area contributed by atoms with E-state index >= 15 is 0 Å². The van der Waals surface area contributed by atoms with Gasteiger partial charge in [-0.25, -0.2) is 19.7 Å². The first-order valence-corrected chi connectivity index (χ1v) is 8.69. The van der Waals surface area contributed by atoms with Crippen molar-refractivity contribution in [2.75, 3.05) is 7.11 Å². The fourth-order valence-electron chi connectivity index (χ4n) is 2.67. The number of hydrogen-bond donors (Lipinski definition) is 0. The zero-order valence-electron chi connectivity index (χ0n) is 16.7. The summed E-state index contributed by atoms with van der Waals surface area (Å²) < 4.78 is 9.73. The number of amides is 2. The van der Waals surface area contributed by atoms with Crippen molar-refractivity contribution in [2.45, 2.75) is 46.8 Å². The highest BCUT2D eigenvalue weighted by Crippen LogP contribution is 2.32. The predicted molar refractivity (Wildman–Crippen MR) is 98.4 cm³/mol. The lowest BCUT2D eigenvalue weighted by atomic mass is 9.89. The Bertz CT molecular complexity index is 876. The number of ether oxygens (including phenoxy) is 2. The van der Waals surface area contributed by atoms with Gasteiger partial charge < -0.3 is 9.47 Å². The van der Waals surface area contributed by atoms with E-state index in [1.807, 2.05) is 13.8 Å². The van der Waals surface area contributed by atoms with Gasteiger partial charge in [0.1, 0.15) is 17.8 Å². The fraction of sp³-hybridized carbons (Fsp3) is 0.474. The van der Waals surface area contributed by atoms with Crippen molar-refractivity contribution in [1.82, 2.24) is 9.88 Å². The Morgan fingerprint density at radius 2 is 1.86 bits per heavy atom. The maximum absolute atomic E-state index is 12.9. The second-order valence-electron chi connectivity index (χ2n) is 6.87. The number of carbonyl (C=O) groups is 4. The Morgan fingerprint density at radius 1 is 1.21 bits per heavy atom. The van der Waals surface area contributed by atoms with Crippen LogP contribution in [0.15, 0.2) is 17.1 Å². The third-order valence-corrected chi connectivity index (χ3v) is 4.62. The van der Waals surface area contributed by atoms with Gasteiger partial charge in [0.2, 0.25) is 5.91 Å². The van der Waals surface area contributed by atoms with E-state index in [1.54, 1.807) is 6.92 Å². The molecule has 1 atom stereocenters. The second kappa shape index (κ2) is 7.87. The number of pyridine rings is 1. The van der Waals surface area contributed by atoms with E-state index in [2.05, 4.69) is 9.98 Å². The van der Waals surface area contributed by atoms with E-state index in [1.165, 1.54) is 33.1 Å². The lowest BCUT2D eigenvalue weighted by Crippen LogP contribution is -2.46. The number of esters is 2. The Balaban J connectivity index is 2.68. The summed E-state index contributed by atoms with van der Waals surface area (Å²) in [6.45, 7) is 7.62. The number of hydrogen-bond acceptors (Lipinski definition) is 8. The minimum atomic E-state index is -1.18. The van der Waals surface area contributed by atoms with Gasteiger partial charge >= 0.3 is 11.9 Å². The third kappa shape index (κ3) is 3.78. The van der Waals surface area contributed by atoms with Gasteiger partial charge in [-0.3, -0.25) is 14.4 Å². The van der Waals surface area contributed by atoms with Gasteiger partial charge in [-0.1, -0.05) is 13.8 Å². The molecule has 0 spiro atoms. The summed E-state index contributed by atoms with van der Waals surface area (Å²) in [4.78, 5) is 58.2. The van der Waals surface area contributed by atoms with E-state index < -0.39 is 29.3 Å². The molecule has 28 heavy (non-hydrogen) atoms. The SMILES string of the molecule is COC(=O)c1ccc(COC(C)=O)nc1C1=NC(C)(C(C)C)C(=O)N1C(C)=O. The number of aromatic nitrogens is 1. The van der Waals surface area contributed by atoms with Crippen LogP contribution in [0.3, 0.4) is 0 Å². The van der Waals surface area contributed by atoms with E-state index in [9.17, 15) is 19.2 Å². The highest BCUT2D eigenvalue weighted by molar-refractivity contribution is 6.25. The Kier molecular flexibility index (Phi) is 5.96. The minimum Gasteiger partial charge on any atom is -0.465 e. The van der Waals surface area contributed by atoms with Crippen LogP contribution >= 0.6 is 0 Å². The first kappa shape index (κ1) is 21.2. The molecule has 0 saturated carbocycles. The largest absolute Gasteiger partial charge is 0.465 e. The molecule has 1 unspecified atom stereocenters. The van der Waals surface area contributed by atoms with Crippen LogP contribution in [0.1, 0.15) is 56.4 Å². The van der Waals surface area contributed by atoms with Gasteiger partial charge in [-0.05, 0) is 25.0 Å². The second-order valence-corrected chi connectivity index (χ2v) is 6.87. The van der Waals surface area contributed by atoms with E-state index in [0.29, 0.717) is 5.69 Å². The monoisotopic (exact) mass is 389 g/mol. The van der Waals surface area contributed by atoms with Crippen LogP contribution in [-0.2, 0) is 30.5 Å². The first-order chi connectivity index (χ1) is 13.0. The van der Waals surface area contributed by atoms with Crippen molar-refractivity contribution in [1.29, 1.82) is 0 Å². The number of nitrogens with zero attached hydrogens (tertiary/aromatic N) is 3. The average molecular weight is 389 g/mol. The fourth-order valence-corrected chi connectivity index (χ4v) is 2.67. The third-order valence-electron chi connectivity index (χ3n) is 4.62. The van der Waals surface area contributed by atoms with Crippen LogP contribution in [0.4, 0.5) is 0 Å². The van der Waals surface area contributed by atoms with Crippen LogP contribution in [-0.4, -0.2) is 52.1 Å². The molecule has 0 saturated heterocycles. The maximum atomic E-state index is 12.9. The number of imide groups is 1. The van der Waals surface area contributed by atoms with Gasteiger partial charge in [-0.2, -0.15) is 0 Å². The first-order valence-electron chi connectivity index (χ1n) is 8.69. The summed E-state index contributed by atoms with van der Waals surface area (Å²) >= 11 is 0. The number of aliphatic imine (C=N–C) groups is 1. The molecule has 1 aliphatic rings. The molecule has 2 amide bonds. The summed E-state index contributed by atoms with van der Waals surface area (Å²) in [5, 5.41) is 0. The number of rotatable bonds is 5. The molecule has 2 heterocycles. The Hall–Kier alpha value is -3.10. The van der Waals surface area contributed by atoms with Gasteiger partial charge in [0.15, 0.2) is 5.84 Å². The summed E-state index contributed by atoms with van der Waals surface area (Å²) in [6.07, 6.45) is 0. The molecular formula is C19H23N3O6. The lowest BCUT2D eigenvalue weighted by Gasteiger charge is -2.24. The van der Waals surface area contributed by atoms with Gasteiger partial charge in [0.25, 0.3) is 5.91 Å². The molecule has 0 fully saturated rings. The molecule has 9 nitrogen and oxygen atoms in total.